The highest BCUT2D eigenvalue weighted by molar-refractivity contribution is 5.84. The number of nitrogens with one attached hydrogen (secondary N) is 2. The van der Waals surface area contributed by atoms with Crippen molar-refractivity contribution in [2.24, 2.45) is 0 Å². The fraction of sp³-hybridized carbons (Fsp3) is 0.261. The summed E-state index contributed by atoms with van der Waals surface area (Å²) in [5.41, 5.74) is 8.47. The van der Waals surface area contributed by atoms with Gasteiger partial charge >= 0.3 is 0 Å². The van der Waals surface area contributed by atoms with Gasteiger partial charge in [0.15, 0.2) is 6.61 Å². The summed E-state index contributed by atoms with van der Waals surface area (Å²) in [5, 5.41) is 0. The van der Waals surface area contributed by atoms with Gasteiger partial charge in [0.05, 0.1) is 12.5 Å². The molecule has 0 aliphatic carbocycles. The Morgan fingerprint density at radius 2 is 1.63 bits per heavy atom. The van der Waals surface area contributed by atoms with Crippen molar-refractivity contribution in [2.75, 3.05) is 6.61 Å². The number of para-hydroxylation sites is 1. The number of rotatable bonds is 5. The van der Waals surface area contributed by atoms with Gasteiger partial charge in [0, 0.05) is 13.1 Å². The first kappa shape index (κ1) is 21.1. The van der Waals surface area contributed by atoms with Gasteiger partial charge in [0.2, 0.25) is 11.8 Å². The third-order valence-corrected chi connectivity index (χ3v) is 4.95. The lowest BCUT2D eigenvalue weighted by Crippen LogP contribution is -2.45. The highest BCUT2D eigenvalue weighted by atomic mass is 16.5. The highest BCUT2D eigenvalue weighted by Gasteiger charge is 2.28. The number of hydrazine groups is 1. The summed E-state index contributed by atoms with van der Waals surface area (Å²) in [4.78, 5) is 38.0. The molecule has 3 amide bonds. The zero-order chi connectivity index (χ0) is 21.7. The molecule has 1 aliphatic rings. The van der Waals surface area contributed by atoms with Crippen LogP contribution in [-0.2, 0) is 14.4 Å². The number of hydrogen-bond donors (Lipinski definition) is 2. The van der Waals surface area contributed by atoms with Crippen molar-refractivity contribution in [3.05, 3.63) is 70.9 Å². The van der Waals surface area contributed by atoms with E-state index in [2.05, 4.69) is 10.9 Å². The number of nitrogens with zero attached hydrogens (tertiary/aromatic N) is 1. The van der Waals surface area contributed by atoms with Crippen LogP contribution >= 0.6 is 0 Å². The quantitative estimate of drug-likeness (QED) is 0.746. The number of carbonyl (C=O) groups is 3. The van der Waals surface area contributed by atoms with Crippen LogP contribution in [0.15, 0.2) is 48.7 Å². The number of aryl methyl sites for hydroxylation is 2. The average Bonchev–Trinajstić information content (AvgIpc) is 2.72. The molecule has 1 aliphatic heterocycles. The minimum atomic E-state index is -0.474. The highest BCUT2D eigenvalue weighted by Crippen LogP contribution is 2.32. The molecule has 0 saturated heterocycles. The lowest BCUT2D eigenvalue weighted by atomic mass is 9.93. The van der Waals surface area contributed by atoms with Crippen molar-refractivity contribution in [1.29, 1.82) is 0 Å². The number of hydrogen-bond acceptors (Lipinski definition) is 4. The molecule has 30 heavy (non-hydrogen) atoms. The smallest absolute Gasteiger partial charge is 0.276 e. The molecule has 3 rings (SSSR count). The van der Waals surface area contributed by atoms with Gasteiger partial charge in [-0.25, -0.2) is 0 Å². The lowest BCUT2D eigenvalue weighted by Gasteiger charge is -2.32. The van der Waals surface area contributed by atoms with Crippen LogP contribution in [-0.4, -0.2) is 29.2 Å². The summed E-state index contributed by atoms with van der Waals surface area (Å²) in [6, 6.07) is 12.9. The van der Waals surface area contributed by atoms with Gasteiger partial charge < -0.3 is 9.64 Å². The maximum atomic E-state index is 12.4. The maximum Gasteiger partial charge on any atom is 0.276 e. The van der Waals surface area contributed by atoms with Crippen LogP contribution in [0.5, 0.6) is 5.75 Å². The zero-order valence-corrected chi connectivity index (χ0v) is 17.3. The lowest BCUT2D eigenvalue weighted by molar-refractivity contribution is -0.132. The molecule has 0 aromatic heterocycles. The molecule has 0 saturated carbocycles. The Morgan fingerprint density at radius 3 is 2.33 bits per heavy atom. The fourth-order valence-electron chi connectivity index (χ4n) is 3.48. The van der Waals surface area contributed by atoms with Crippen molar-refractivity contribution in [1.82, 2.24) is 15.8 Å². The number of benzene rings is 2. The maximum absolute atomic E-state index is 12.4. The molecule has 2 aromatic carbocycles. The monoisotopic (exact) mass is 407 g/mol. The summed E-state index contributed by atoms with van der Waals surface area (Å²) in [6.45, 7) is 5.04. The number of amides is 3. The van der Waals surface area contributed by atoms with E-state index >= 15 is 0 Å². The van der Waals surface area contributed by atoms with Gasteiger partial charge in [0.25, 0.3) is 5.91 Å². The van der Waals surface area contributed by atoms with Gasteiger partial charge in [-0.15, -0.1) is 0 Å². The summed E-state index contributed by atoms with van der Waals surface area (Å²) < 4.78 is 5.58. The van der Waals surface area contributed by atoms with Gasteiger partial charge in [0.1, 0.15) is 5.75 Å². The molecule has 0 radical (unpaired) electrons. The molecule has 1 atom stereocenters. The molecule has 1 heterocycles. The van der Waals surface area contributed by atoms with Crippen LogP contribution in [0.4, 0.5) is 0 Å². The minimum absolute atomic E-state index is 0.0129. The fourth-order valence-corrected chi connectivity index (χ4v) is 3.48. The first-order valence-corrected chi connectivity index (χ1v) is 9.69. The Kier molecular flexibility index (Phi) is 6.51. The normalized spacial score (nSPS) is 14.6. The van der Waals surface area contributed by atoms with Gasteiger partial charge in [-0.3, -0.25) is 25.2 Å². The Hall–Kier alpha value is -3.61. The van der Waals surface area contributed by atoms with Crippen molar-refractivity contribution in [2.45, 2.75) is 33.2 Å². The van der Waals surface area contributed by atoms with Crippen LogP contribution in [0.3, 0.4) is 0 Å². The van der Waals surface area contributed by atoms with E-state index in [9.17, 15) is 14.4 Å². The molecule has 7 nitrogen and oxygen atoms in total. The van der Waals surface area contributed by atoms with Crippen molar-refractivity contribution < 1.29 is 19.1 Å². The van der Waals surface area contributed by atoms with Crippen molar-refractivity contribution >= 4 is 23.8 Å². The van der Waals surface area contributed by atoms with E-state index in [-0.39, 0.29) is 18.9 Å². The Balaban J connectivity index is 1.56. The molecule has 0 spiro atoms. The van der Waals surface area contributed by atoms with Crippen LogP contribution < -0.4 is 15.6 Å². The zero-order valence-electron chi connectivity index (χ0n) is 17.3. The van der Waals surface area contributed by atoms with E-state index in [4.69, 9.17) is 4.74 Å². The molecule has 0 bridgehead atoms. The van der Waals surface area contributed by atoms with Gasteiger partial charge in [-0.05, 0) is 42.2 Å². The molecule has 2 N–H and O–H groups in total. The Bertz CT molecular complexity index is 979. The second-order valence-electron chi connectivity index (χ2n) is 7.20. The molecular weight excluding hydrogens is 382 g/mol. The number of ether oxygens (including phenoxy) is 1. The van der Waals surface area contributed by atoms with E-state index in [1.54, 1.807) is 6.20 Å². The van der Waals surface area contributed by atoms with Crippen molar-refractivity contribution in [3.63, 3.8) is 0 Å². The minimum Gasteiger partial charge on any atom is -0.483 e. The standard InChI is InChI=1S/C23H25N3O4/c1-15-7-6-8-16(2)23(15)30-14-22(29)25-24-21(28)13-20-19-10-5-4-9-18(19)11-12-26(20)17(3)27/h4-12,20H,13-14H2,1-3H3,(H,24,28)(H,25,29)/t20-/m0/s1. The third kappa shape index (κ3) is 4.86. The summed E-state index contributed by atoms with van der Waals surface area (Å²) >= 11 is 0. The number of carbonyl (C=O) groups excluding carboxylic acids is 3. The Morgan fingerprint density at radius 1 is 0.967 bits per heavy atom. The molecule has 0 unspecified atom stereocenters. The summed E-state index contributed by atoms with van der Waals surface area (Å²) in [7, 11) is 0. The second-order valence-corrected chi connectivity index (χ2v) is 7.20. The van der Waals surface area contributed by atoms with Crippen LogP contribution in [0.2, 0.25) is 0 Å². The molecule has 2 aromatic rings. The molecule has 7 heteroatoms. The van der Waals surface area contributed by atoms with E-state index in [1.165, 1.54) is 11.8 Å². The molecule has 0 fully saturated rings. The molecule has 156 valence electrons. The topological polar surface area (TPSA) is 87.7 Å². The van der Waals surface area contributed by atoms with Crippen molar-refractivity contribution in [3.8, 4) is 5.75 Å². The van der Waals surface area contributed by atoms with Gasteiger partial charge in [-0.2, -0.15) is 0 Å². The predicted octanol–water partition coefficient (Wildman–Crippen LogP) is 2.79. The number of fused-ring (bicyclic) bond motifs is 1. The summed E-state index contributed by atoms with van der Waals surface area (Å²) in [5.74, 6) is -0.388. The summed E-state index contributed by atoms with van der Waals surface area (Å²) in [6.07, 6.45) is 3.54. The SMILES string of the molecule is CC(=O)N1C=Cc2ccccc2[C@@H]1CC(=O)NNC(=O)COc1c(C)cccc1C. The predicted molar refractivity (Wildman–Crippen MR) is 113 cm³/mol. The van der Waals surface area contributed by atoms with E-state index in [1.807, 2.05) is 62.4 Å². The third-order valence-electron chi connectivity index (χ3n) is 4.95. The van der Waals surface area contributed by atoms with Crippen LogP contribution in [0, 0.1) is 13.8 Å². The van der Waals surface area contributed by atoms with Crippen LogP contribution in [0.25, 0.3) is 6.08 Å². The molecular formula is C23H25N3O4. The van der Waals surface area contributed by atoms with E-state index < -0.39 is 17.9 Å². The largest absolute Gasteiger partial charge is 0.483 e. The van der Waals surface area contributed by atoms with Crippen LogP contribution in [0.1, 0.15) is 41.6 Å². The first-order valence-electron chi connectivity index (χ1n) is 9.69. The second kappa shape index (κ2) is 9.26. The average molecular weight is 407 g/mol. The Labute approximate surface area is 175 Å². The van der Waals surface area contributed by atoms with Gasteiger partial charge in [-0.1, -0.05) is 42.5 Å². The first-order chi connectivity index (χ1) is 14.4. The van der Waals surface area contributed by atoms with E-state index in [0.29, 0.717) is 5.75 Å². The van der Waals surface area contributed by atoms with E-state index in [0.717, 1.165) is 22.3 Å².